The van der Waals surface area contributed by atoms with Crippen LogP contribution < -0.4 is 5.69 Å². The van der Waals surface area contributed by atoms with Gasteiger partial charge < -0.3 is 9.32 Å². The smallest absolute Gasteiger partial charge is 0.350 e. The van der Waals surface area contributed by atoms with Gasteiger partial charge in [-0.05, 0) is 25.0 Å². The number of rotatable bonds is 3. The zero-order valence-corrected chi connectivity index (χ0v) is 15.2. The molecule has 0 radical (unpaired) electrons. The minimum absolute atomic E-state index is 0.0185. The summed E-state index contributed by atoms with van der Waals surface area (Å²) < 4.78 is 8.25. The normalized spacial score (nSPS) is 15.3. The third-order valence-corrected chi connectivity index (χ3v) is 4.82. The van der Waals surface area contributed by atoms with Gasteiger partial charge in [0.15, 0.2) is 0 Å². The van der Waals surface area contributed by atoms with Crippen LogP contribution in [0.2, 0.25) is 0 Å². The van der Waals surface area contributed by atoms with Crippen molar-refractivity contribution in [1.82, 2.24) is 29.4 Å². The lowest BCUT2D eigenvalue weighted by Gasteiger charge is -2.30. The topological polar surface area (TPSA) is 99.0 Å². The van der Waals surface area contributed by atoms with E-state index in [1.54, 1.807) is 23.4 Å². The molecule has 1 aromatic carbocycles. The van der Waals surface area contributed by atoms with Crippen molar-refractivity contribution < 1.29 is 9.21 Å². The molecule has 0 aliphatic carbocycles. The van der Waals surface area contributed by atoms with Crippen LogP contribution in [-0.4, -0.2) is 48.4 Å². The fraction of sp³-hybridized carbons (Fsp3) is 0.389. The molecule has 1 amide bonds. The van der Waals surface area contributed by atoms with E-state index < -0.39 is 0 Å². The van der Waals surface area contributed by atoms with Gasteiger partial charge in [-0.3, -0.25) is 4.79 Å². The van der Waals surface area contributed by atoms with Crippen molar-refractivity contribution in [2.75, 3.05) is 13.1 Å². The first-order chi connectivity index (χ1) is 13.0. The fourth-order valence-electron chi connectivity index (χ4n) is 3.43. The lowest BCUT2D eigenvalue weighted by atomic mass is 9.95. The minimum Gasteiger partial charge on any atom is -0.417 e. The molecule has 27 heavy (non-hydrogen) atoms. The first-order valence-electron chi connectivity index (χ1n) is 8.85. The summed E-state index contributed by atoms with van der Waals surface area (Å²) in [7, 11) is 1.65. The average Bonchev–Trinajstić information content (AvgIpc) is 3.26. The van der Waals surface area contributed by atoms with Crippen LogP contribution in [0.25, 0.3) is 5.69 Å². The van der Waals surface area contributed by atoms with Gasteiger partial charge in [0.25, 0.3) is 0 Å². The summed E-state index contributed by atoms with van der Waals surface area (Å²) in [5, 5.41) is 12.0. The quantitative estimate of drug-likeness (QED) is 0.691. The van der Waals surface area contributed by atoms with Gasteiger partial charge in [0, 0.05) is 33.0 Å². The van der Waals surface area contributed by atoms with E-state index in [-0.39, 0.29) is 23.4 Å². The lowest BCUT2D eigenvalue weighted by Crippen LogP contribution is -2.38. The highest BCUT2D eigenvalue weighted by atomic mass is 16.4. The monoisotopic (exact) mass is 368 g/mol. The van der Waals surface area contributed by atoms with Gasteiger partial charge in [0.1, 0.15) is 5.82 Å². The number of aromatic nitrogens is 5. The van der Waals surface area contributed by atoms with E-state index in [0.29, 0.717) is 31.8 Å². The number of likely N-dealkylation sites (tertiary alicyclic amines) is 1. The van der Waals surface area contributed by atoms with E-state index in [1.165, 1.54) is 4.68 Å². The summed E-state index contributed by atoms with van der Waals surface area (Å²) in [5.74, 6) is 0.955. The number of piperidine rings is 1. The predicted molar refractivity (Wildman–Crippen MR) is 95.7 cm³/mol. The molecule has 0 atom stereocenters. The van der Waals surface area contributed by atoms with Crippen molar-refractivity contribution >= 4 is 5.91 Å². The highest BCUT2D eigenvalue weighted by Crippen LogP contribution is 2.28. The molecular formula is C18H20N6O3. The second-order valence-corrected chi connectivity index (χ2v) is 6.63. The maximum atomic E-state index is 12.6. The largest absolute Gasteiger partial charge is 0.417 e. The Kier molecular flexibility index (Phi) is 4.35. The molecule has 1 saturated heterocycles. The SMILES string of the molecule is Cc1nnc(C(=O)N2CCC(c3nn(C)c(=O)n3-c3ccccc3)CC2)o1. The molecule has 0 unspecified atom stereocenters. The van der Waals surface area contributed by atoms with E-state index in [2.05, 4.69) is 15.3 Å². The van der Waals surface area contributed by atoms with Gasteiger partial charge in [0.2, 0.25) is 5.89 Å². The number of para-hydroxylation sites is 1. The average molecular weight is 368 g/mol. The molecule has 9 heteroatoms. The van der Waals surface area contributed by atoms with Crippen LogP contribution in [0.1, 0.15) is 41.2 Å². The lowest BCUT2D eigenvalue weighted by molar-refractivity contribution is 0.0668. The number of benzene rings is 1. The van der Waals surface area contributed by atoms with Crippen molar-refractivity contribution in [3.05, 3.63) is 58.4 Å². The number of hydrogen-bond acceptors (Lipinski definition) is 6. The maximum absolute atomic E-state index is 12.6. The fourth-order valence-corrected chi connectivity index (χ4v) is 3.43. The van der Waals surface area contributed by atoms with Gasteiger partial charge in [-0.15, -0.1) is 10.2 Å². The van der Waals surface area contributed by atoms with Crippen molar-refractivity contribution in [1.29, 1.82) is 0 Å². The molecular weight excluding hydrogens is 348 g/mol. The standard InChI is InChI=1S/C18H20N6O3/c1-12-19-20-16(27-12)17(25)23-10-8-13(9-11-23)15-21-22(2)18(26)24(15)14-6-4-3-5-7-14/h3-7,13H,8-11H2,1-2H3. The van der Waals surface area contributed by atoms with Crippen LogP contribution in [-0.2, 0) is 7.05 Å². The van der Waals surface area contributed by atoms with E-state index in [9.17, 15) is 9.59 Å². The molecule has 3 heterocycles. The van der Waals surface area contributed by atoms with Crippen LogP contribution in [0.4, 0.5) is 0 Å². The summed E-state index contributed by atoms with van der Waals surface area (Å²) in [6.45, 7) is 2.74. The second kappa shape index (κ2) is 6.82. The Morgan fingerprint density at radius 3 is 2.48 bits per heavy atom. The number of carbonyl (C=O) groups excluding carboxylic acids is 1. The van der Waals surface area contributed by atoms with E-state index in [0.717, 1.165) is 11.5 Å². The molecule has 0 N–H and O–H groups in total. The van der Waals surface area contributed by atoms with Gasteiger partial charge in [-0.1, -0.05) is 18.2 Å². The van der Waals surface area contributed by atoms with Gasteiger partial charge in [-0.25, -0.2) is 14.0 Å². The molecule has 1 aliphatic heterocycles. The molecule has 1 fully saturated rings. The molecule has 0 bridgehead atoms. The molecule has 4 rings (SSSR count). The third kappa shape index (κ3) is 3.16. The zero-order valence-electron chi connectivity index (χ0n) is 15.2. The molecule has 0 spiro atoms. The van der Waals surface area contributed by atoms with Crippen molar-refractivity contribution in [3.63, 3.8) is 0 Å². The Morgan fingerprint density at radius 1 is 1.15 bits per heavy atom. The van der Waals surface area contributed by atoms with E-state index in [4.69, 9.17) is 4.42 Å². The predicted octanol–water partition coefficient (Wildman–Crippen LogP) is 1.28. The Balaban J connectivity index is 1.55. The Morgan fingerprint density at radius 2 is 1.85 bits per heavy atom. The highest BCUT2D eigenvalue weighted by Gasteiger charge is 2.30. The van der Waals surface area contributed by atoms with Crippen molar-refractivity contribution in [3.8, 4) is 5.69 Å². The van der Waals surface area contributed by atoms with Crippen LogP contribution >= 0.6 is 0 Å². The van der Waals surface area contributed by atoms with Gasteiger partial charge in [0.05, 0.1) is 5.69 Å². The van der Waals surface area contributed by atoms with Crippen LogP contribution in [0, 0.1) is 6.92 Å². The van der Waals surface area contributed by atoms with Crippen molar-refractivity contribution in [2.24, 2.45) is 7.05 Å². The van der Waals surface area contributed by atoms with Gasteiger partial charge in [-0.2, -0.15) is 5.10 Å². The zero-order chi connectivity index (χ0) is 19.0. The number of nitrogens with zero attached hydrogens (tertiary/aromatic N) is 6. The molecule has 3 aromatic rings. The second-order valence-electron chi connectivity index (χ2n) is 6.63. The number of hydrogen-bond donors (Lipinski definition) is 0. The summed E-state index contributed by atoms with van der Waals surface area (Å²) in [4.78, 5) is 26.7. The van der Waals surface area contributed by atoms with E-state index >= 15 is 0 Å². The van der Waals surface area contributed by atoms with Crippen LogP contribution in [0.5, 0.6) is 0 Å². The Hall–Kier alpha value is -3.23. The summed E-state index contributed by atoms with van der Waals surface area (Å²) >= 11 is 0. The highest BCUT2D eigenvalue weighted by molar-refractivity contribution is 5.89. The van der Waals surface area contributed by atoms with Crippen LogP contribution in [0.3, 0.4) is 0 Å². The van der Waals surface area contributed by atoms with E-state index in [1.807, 2.05) is 30.3 Å². The third-order valence-electron chi connectivity index (χ3n) is 4.82. The molecule has 1 aliphatic rings. The molecule has 0 saturated carbocycles. The summed E-state index contributed by atoms with van der Waals surface area (Å²) in [6.07, 6.45) is 1.42. The minimum atomic E-state index is -0.254. The molecule has 2 aromatic heterocycles. The van der Waals surface area contributed by atoms with Crippen molar-refractivity contribution in [2.45, 2.75) is 25.7 Å². The number of aryl methyl sites for hydroxylation is 2. The Labute approximate surface area is 155 Å². The summed E-state index contributed by atoms with van der Waals surface area (Å²) in [5.41, 5.74) is 0.626. The summed E-state index contributed by atoms with van der Waals surface area (Å²) in [6, 6.07) is 9.48. The first kappa shape index (κ1) is 17.2. The first-order valence-corrected chi connectivity index (χ1v) is 8.85. The molecule has 140 valence electrons. The number of amides is 1. The van der Waals surface area contributed by atoms with Crippen LogP contribution in [0.15, 0.2) is 39.5 Å². The maximum Gasteiger partial charge on any atom is 0.350 e. The number of carbonyl (C=O) groups is 1. The molecule has 9 nitrogen and oxygen atoms in total. The Bertz CT molecular complexity index is 1010. The van der Waals surface area contributed by atoms with Gasteiger partial charge >= 0.3 is 17.5 Å².